The summed E-state index contributed by atoms with van der Waals surface area (Å²) in [5, 5.41) is 17.5. The molecule has 0 unspecified atom stereocenters. The summed E-state index contributed by atoms with van der Waals surface area (Å²) < 4.78 is 4.81. The minimum Gasteiger partial charge on any atom is -0.396 e. The van der Waals surface area contributed by atoms with E-state index in [0.717, 1.165) is 43.6 Å². The predicted molar refractivity (Wildman–Crippen MR) is 109 cm³/mol. The molecule has 3 heterocycles. The molecule has 2 aliphatic heterocycles. The average molecular weight is 388 g/mol. The van der Waals surface area contributed by atoms with E-state index in [1.807, 2.05) is 6.07 Å². The van der Waals surface area contributed by atoms with E-state index in [9.17, 15) is 5.11 Å². The monoisotopic (exact) mass is 387 g/mol. The topological polar surface area (TPSA) is 68.9 Å². The molecule has 0 amide bonds. The summed E-state index contributed by atoms with van der Waals surface area (Å²) in [6, 6.07) is 7.90. The van der Waals surface area contributed by atoms with Crippen molar-refractivity contribution < 1.29 is 9.74 Å². The van der Waals surface area contributed by atoms with Crippen molar-refractivity contribution in [2.45, 2.75) is 57.8 Å². The fourth-order valence-corrected chi connectivity index (χ4v) is 4.88. The van der Waals surface area contributed by atoms with Gasteiger partial charge in [0, 0.05) is 50.9 Å². The van der Waals surface area contributed by atoms with Gasteiger partial charge in [0.2, 0.25) is 0 Å². The Kier molecular flexibility index (Phi) is 6.25. The lowest BCUT2D eigenvalue weighted by molar-refractivity contribution is -0.0000207. The molecular weight excluding hydrogens is 354 g/mol. The van der Waals surface area contributed by atoms with Gasteiger partial charge >= 0.3 is 0 Å². The first-order valence-electron chi connectivity index (χ1n) is 10.7. The third-order valence-corrected chi connectivity index (χ3v) is 6.50. The zero-order chi connectivity index (χ0) is 19.5. The van der Waals surface area contributed by atoms with Crippen molar-refractivity contribution in [2.75, 3.05) is 39.3 Å². The molecule has 2 aromatic rings. The van der Waals surface area contributed by atoms with Crippen LogP contribution in [0, 0.1) is 0 Å². The van der Waals surface area contributed by atoms with Crippen molar-refractivity contribution in [3.63, 3.8) is 0 Å². The number of piperidine rings is 1. The highest BCUT2D eigenvalue weighted by Gasteiger charge is 2.33. The van der Waals surface area contributed by atoms with Gasteiger partial charge in [-0.1, -0.05) is 6.07 Å². The molecule has 2 saturated heterocycles. The Labute approximate surface area is 167 Å². The minimum absolute atomic E-state index is 0.260. The van der Waals surface area contributed by atoms with Crippen molar-refractivity contribution in [1.29, 1.82) is 0 Å². The number of nitrogens with zero attached hydrogens (tertiary/aromatic N) is 5. The van der Waals surface area contributed by atoms with E-state index in [4.69, 9.17) is 4.63 Å². The SMILES string of the molecule is CC(C)N1CCC(N2CCN(Cc3ccc4nonc4c3)C[C@@H]2CCO)CC1. The highest BCUT2D eigenvalue weighted by atomic mass is 16.6. The number of likely N-dealkylation sites (tertiary alicyclic amines) is 1. The Bertz CT molecular complexity index is 756. The number of aromatic nitrogens is 2. The molecule has 7 nitrogen and oxygen atoms in total. The Balaban J connectivity index is 1.37. The number of aliphatic hydroxyl groups is 1. The van der Waals surface area contributed by atoms with Gasteiger partial charge in [-0.05, 0) is 74.2 Å². The number of fused-ring (bicyclic) bond motifs is 1. The van der Waals surface area contributed by atoms with Crippen LogP contribution < -0.4 is 0 Å². The van der Waals surface area contributed by atoms with Gasteiger partial charge < -0.3 is 10.0 Å². The van der Waals surface area contributed by atoms with Crippen molar-refractivity contribution in [2.24, 2.45) is 0 Å². The summed E-state index contributed by atoms with van der Waals surface area (Å²) in [7, 11) is 0. The van der Waals surface area contributed by atoms with Gasteiger partial charge in [0.15, 0.2) is 0 Å². The second-order valence-electron chi connectivity index (χ2n) is 8.59. The molecule has 1 aromatic carbocycles. The standard InChI is InChI=1S/C21H33N5O2/c1-16(2)25-8-5-18(6-9-25)26-11-10-24(15-19(26)7-12-27)14-17-3-4-20-21(13-17)23-28-22-20/h3-4,13,16,18-19,27H,5-12,14-15H2,1-2H3/t19-/m0/s1. The summed E-state index contributed by atoms with van der Waals surface area (Å²) in [5.74, 6) is 0. The molecule has 7 heteroatoms. The van der Waals surface area contributed by atoms with Crippen molar-refractivity contribution >= 4 is 11.0 Å². The highest BCUT2D eigenvalue weighted by Crippen LogP contribution is 2.25. The molecule has 1 atom stereocenters. The van der Waals surface area contributed by atoms with E-state index in [1.54, 1.807) is 0 Å². The molecule has 0 aliphatic carbocycles. The Morgan fingerprint density at radius 2 is 1.89 bits per heavy atom. The first-order valence-corrected chi connectivity index (χ1v) is 10.7. The third-order valence-electron chi connectivity index (χ3n) is 6.50. The first-order chi connectivity index (χ1) is 13.6. The van der Waals surface area contributed by atoms with E-state index in [-0.39, 0.29) is 6.61 Å². The minimum atomic E-state index is 0.260. The maximum atomic E-state index is 9.64. The van der Waals surface area contributed by atoms with Gasteiger partial charge in [-0.3, -0.25) is 9.80 Å². The number of piperazine rings is 1. The summed E-state index contributed by atoms with van der Waals surface area (Å²) in [5.41, 5.74) is 2.86. The normalized spacial score (nSPS) is 23.8. The van der Waals surface area contributed by atoms with Crippen LogP contribution in [0.2, 0.25) is 0 Å². The van der Waals surface area contributed by atoms with E-state index in [1.165, 1.54) is 31.5 Å². The maximum absolute atomic E-state index is 9.64. The smallest absolute Gasteiger partial charge is 0.135 e. The largest absolute Gasteiger partial charge is 0.396 e. The van der Waals surface area contributed by atoms with Gasteiger partial charge in [-0.25, -0.2) is 4.63 Å². The third kappa shape index (κ3) is 4.38. The van der Waals surface area contributed by atoms with E-state index >= 15 is 0 Å². The molecule has 0 bridgehead atoms. The van der Waals surface area contributed by atoms with Crippen LogP contribution in [0.4, 0.5) is 0 Å². The highest BCUT2D eigenvalue weighted by molar-refractivity contribution is 5.73. The van der Waals surface area contributed by atoms with Crippen LogP contribution in [-0.2, 0) is 6.54 Å². The average Bonchev–Trinajstić information content (AvgIpc) is 3.16. The zero-order valence-corrected chi connectivity index (χ0v) is 17.1. The van der Waals surface area contributed by atoms with E-state index in [2.05, 4.69) is 51.0 Å². The van der Waals surface area contributed by atoms with Gasteiger partial charge in [0.1, 0.15) is 11.0 Å². The van der Waals surface area contributed by atoms with Gasteiger partial charge in [0.25, 0.3) is 0 Å². The lowest BCUT2D eigenvalue weighted by Crippen LogP contribution is -2.58. The zero-order valence-electron chi connectivity index (χ0n) is 17.1. The summed E-state index contributed by atoms with van der Waals surface area (Å²) in [4.78, 5) is 7.78. The Morgan fingerprint density at radius 3 is 2.64 bits per heavy atom. The van der Waals surface area contributed by atoms with Gasteiger partial charge in [-0.2, -0.15) is 0 Å². The van der Waals surface area contributed by atoms with Crippen molar-refractivity contribution in [3.8, 4) is 0 Å². The molecule has 0 spiro atoms. The molecule has 154 valence electrons. The Morgan fingerprint density at radius 1 is 1.11 bits per heavy atom. The molecule has 4 rings (SSSR count). The number of benzene rings is 1. The van der Waals surface area contributed by atoms with Crippen LogP contribution in [-0.4, -0.2) is 87.6 Å². The van der Waals surface area contributed by atoms with Gasteiger partial charge in [0.05, 0.1) is 0 Å². The predicted octanol–water partition coefficient (Wildman–Crippen LogP) is 1.96. The molecule has 0 radical (unpaired) electrons. The van der Waals surface area contributed by atoms with E-state index < -0.39 is 0 Å². The van der Waals surface area contributed by atoms with Gasteiger partial charge in [-0.15, -0.1) is 0 Å². The van der Waals surface area contributed by atoms with Crippen LogP contribution in [0.25, 0.3) is 11.0 Å². The Hall–Kier alpha value is -1.54. The molecular formula is C21H33N5O2. The van der Waals surface area contributed by atoms with Crippen LogP contribution in [0.5, 0.6) is 0 Å². The van der Waals surface area contributed by atoms with Crippen LogP contribution >= 0.6 is 0 Å². The van der Waals surface area contributed by atoms with Crippen LogP contribution in [0.3, 0.4) is 0 Å². The van der Waals surface area contributed by atoms with E-state index in [0.29, 0.717) is 18.1 Å². The molecule has 0 saturated carbocycles. The van der Waals surface area contributed by atoms with Crippen molar-refractivity contribution in [3.05, 3.63) is 23.8 Å². The summed E-state index contributed by atoms with van der Waals surface area (Å²) in [6.45, 7) is 11.3. The second-order valence-corrected chi connectivity index (χ2v) is 8.59. The molecule has 1 N–H and O–H groups in total. The summed E-state index contributed by atoms with van der Waals surface area (Å²) >= 11 is 0. The fourth-order valence-electron chi connectivity index (χ4n) is 4.88. The van der Waals surface area contributed by atoms with Crippen LogP contribution in [0.15, 0.2) is 22.8 Å². The molecule has 28 heavy (non-hydrogen) atoms. The fraction of sp³-hybridized carbons (Fsp3) is 0.714. The molecule has 2 aliphatic rings. The number of hydrogen-bond donors (Lipinski definition) is 1. The second kappa shape index (κ2) is 8.86. The first kappa shape index (κ1) is 19.8. The molecule has 1 aromatic heterocycles. The molecule has 2 fully saturated rings. The number of aliphatic hydroxyl groups excluding tert-OH is 1. The lowest BCUT2D eigenvalue weighted by Gasteiger charge is -2.48. The number of rotatable bonds is 6. The lowest BCUT2D eigenvalue weighted by atomic mass is 9.97. The number of hydrogen-bond acceptors (Lipinski definition) is 7. The maximum Gasteiger partial charge on any atom is 0.135 e. The summed E-state index contributed by atoms with van der Waals surface area (Å²) in [6.07, 6.45) is 3.35. The van der Waals surface area contributed by atoms with Crippen molar-refractivity contribution in [1.82, 2.24) is 25.0 Å². The quantitative estimate of drug-likeness (QED) is 0.813. The van der Waals surface area contributed by atoms with Crippen LogP contribution in [0.1, 0.15) is 38.7 Å².